The first-order valence-electron chi connectivity index (χ1n) is 6.12. The van der Waals surface area contributed by atoms with Crippen molar-refractivity contribution in [2.75, 3.05) is 7.11 Å². The van der Waals surface area contributed by atoms with Gasteiger partial charge in [0.2, 0.25) is 0 Å². The second kappa shape index (κ2) is 6.55. The number of aliphatic hydroxyl groups is 1. The third-order valence-electron chi connectivity index (χ3n) is 3.18. The smallest absolute Gasteiger partial charge is 0.114 e. The highest BCUT2D eigenvalue weighted by atomic mass is 35.5. The largest absolute Gasteiger partial charge is 0.385 e. The first-order chi connectivity index (χ1) is 9.54. The van der Waals surface area contributed by atoms with Gasteiger partial charge >= 0.3 is 0 Å². The molecule has 2 rings (SSSR count). The van der Waals surface area contributed by atoms with Crippen molar-refractivity contribution in [3.8, 4) is 0 Å². The Morgan fingerprint density at radius 2 is 1.95 bits per heavy atom. The fourth-order valence-corrected chi connectivity index (χ4v) is 2.65. The Kier molecular flexibility index (Phi) is 5.00. The lowest BCUT2D eigenvalue weighted by molar-refractivity contribution is -0.0153. The molecule has 1 N–H and O–H groups in total. The Bertz CT molecular complexity index is 604. The number of methoxy groups -OCH3 is 1. The minimum absolute atomic E-state index is 0.463. The van der Waals surface area contributed by atoms with Crippen molar-refractivity contribution >= 4 is 23.2 Å². The van der Waals surface area contributed by atoms with Gasteiger partial charge in [0, 0.05) is 40.2 Å². The van der Waals surface area contributed by atoms with Crippen LogP contribution in [0.4, 0.5) is 0 Å². The van der Waals surface area contributed by atoms with Crippen molar-refractivity contribution < 1.29 is 9.84 Å². The molecule has 0 saturated carbocycles. The van der Waals surface area contributed by atoms with E-state index in [4.69, 9.17) is 27.9 Å². The minimum atomic E-state index is -0.854. The van der Waals surface area contributed by atoms with Gasteiger partial charge in [-0.25, -0.2) is 0 Å². The van der Waals surface area contributed by atoms with Gasteiger partial charge in [-0.05, 0) is 25.1 Å². The maximum atomic E-state index is 10.6. The van der Waals surface area contributed by atoms with Gasteiger partial charge in [-0.3, -0.25) is 4.98 Å². The van der Waals surface area contributed by atoms with Crippen molar-refractivity contribution in [1.29, 1.82) is 0 Å². The third-order valence-corrected chi connectivity index (χ3v) is 3.74. The minimum Gasteiger partial charge on any atom is -0.385 e. The molecule has 0 amide bonds. The van der Waals surface area contributed by atoms with Crippen molar-refractivity contribution in [2.45, 2.75) is 19.1 Å². The number of hydrogen-bond donors (Lipinski definition) is 1. The highest BCUT2D eigenvalue weighted by Gasteiger charge is 2.26. The summed E-state index contributed by atoms with van der Waals surface area (Å²) in [7, 11) is 1.53. The molecular weight excluding hydrogens is 297 g/mol. The quantitative estimate of drug-likeness (QED) is 0.923. The molecule has 0 spiro atoms. The number of halogens is 2. The van der Waals surface area contributed by atoms with Gasteiger partial charge in [-0.15, -0.1) is 0 Å². The van der Waals surface area contributed by atoms with Gasteiger partial charge in [0.05, 0.1) is 0 Å². The summed E-state index contributed by atoms with van der Waals surface area (Å²) in [5, 5.41) is 11.6. The molecule has 20 heavy (non-hydrogen) atoms. The van der Waals surface area contributed by atoms with E-state index >= 15 is 0 Å². The number of pyridine rings is 1. The Morgan fingerprint density at radius 1 is 1.20 bits per heavy atom. The molecule has 2 unspecified atom stereocenters. The molecule has 0 saturated heterocycles. The summed E-state index contributed by atoms with van der Waals surface area (Å²) in [6.45, 7) is 1.84. The molecule has 1 aromatic carbocycles. The highest BCUT2D eigenvalue weighted by molar-refractivity contribution is 6.35. The number of aryl methyl sites for hydroxylation is 1. The number of aliphatic hydroxyl groups excluding tert-OH is 1. The van der Waals surface area contributed by atoms with E-state index in [1.54, 1.807) is 30.5 Å². The van der Waals surface area contributed by atoms with Crippen LogP contribution in [-0.2, 0) is 4.74 Å². The molecule has 0 fully saturated rings. The summed E-state index contributed by atoms with van der Waals surface area (Å²) < 4.78 is 5.42. The SMILES string of the molecule is COC(c1ccc(Cl)cc1Cl)C(O)c1cccnc1C. The summed E-state index contributed by atoms with van der Waals surface area (Å²) in [4.78, 5) is 4.18. The first kappa shape index (κ1) is 15.3. The molecule has 1 aromatic heterocycles. The molecular formula is C15H15Cl2NO2. The Morgan fingerprint density at radius 3 is 2.55 bits per heavy atom. The zero-order valence-electron chi connectivity index (χ0n) is 11.2. The van der Waals surface area contributed by atoms with Crippen LogP contribution in [0.15, 0.2) is 36.5 Å². The van der Waals surface area contributed by atoms with E-state index in [1.807, 2.05) is 13.0 Å². The van der Waals surface area contributed by atoms with Crippen LogP contribution in [-0.4, -0.2) is 17.2 Å². The fraction of sp³-hybridized carbons (Fsp3) is 0.267. The second-order valence-electron chi connectivity index (χ2n) is 4.45. The Hall–Kier alpha value is -1.13. The van der Waals surface area contributed by atoms with Gasteiger partial charge in [-0.1, -0.05) is 35.3 Å². The van der Waals surface area contributed by atoms with Crippen LogP contribution in [0.2, 0.25) is 10.0 Å². The van der Waals surface area contributed by atoms with Gasteiger partial charge in [0.1, 0.15) is 12.2 Å². The lowest BCUT2D eigenvalue weighted by Crippen LogP contribution is -2.15. The van der Waals surface area contributed by atoms with E-state index in [0.29, 0.717) is 21.2 Å². The predicted octanol–water partition coefficient (Wildman–Crippen LogP) is 4.12. The van der Waals surface area contributed by atoms with E-state index in [-0.39, 0.29) is 0 Å². The van der Waals surface area contributed by atoms with Crippen LogP contribution in [0, 0.1) is 6.92 Å². The Balaban J connectivity index is 2.39. The fourth-order valence-electron chi connectivity index (χ4n) is 2.13. The number of hydrogen-bond acceptors (Lipinski definition) is 3. The molecule has 106 valence electrons. The van der Waals surface area contributed by atoms with Crippen molar-refractivity contribution in [1.82, 2.24) is 4.98 Å². The summed E-state index contributed by atoms with van der Waals surface area (Å²) in [6.07, 6.45) is 0.248. The van der Waals surface area contributed by atoms with Crippen LogP contribution in [0.3, 0.4) is 0 Å². The molecule has 2 atom stereocenters. The Labute approximate surface area is 128 Å². The normalized spacial score (nSPS) is 14.1. The molecule has 0 radical (unpaired) electrons. The van der Waals surface area contributed by atoms with Crippen LogP contribution in [0.1, 0.15) is 29.0 Å². The van der Waals surface area contributed by atoms with E-state index in [9.17, 15) is 5.11 Å². The van der Waals surface area contributed by atoms with Gasteiger partial charge in [0.15, 0.2) is 0 Å². The molecule has 3 nitrogen and oxygen atoms in total. The lowest BCUT2D eigenvalue weighted by atomic mass is 9.97. The topological polar surface area (TPSA) is 42.4 Å². The summed E-state index contributed by atoms with van der Waals surface area (Å²) in [5.74, 6) is 0. The third kappa shape index (κ3) is 3.13. The molecule has 1 heterocycles. The number of nitrogens with zero attached hydrogens (tertiary/aromatic N) is 1. The summed E-state index contributed by atoms with van der Waals surface area (Å²) in [5.41, 5.74) is 2.16. The second-order valence-corrected chi connectivity index (χ2v) is 5.29. The molecule has 2 aromatic rings. The van der Waals surface area contributed by atoms with Gasteiger partial charge < -0.3 is 9.84 Å². The average Bonchev–Trinajstić information content (AvgIpc) is 2.42. The molecule has 0 aliphatic heterocycles. The zero-order valence-corrected chi connectivity index (χ0v) is 12.7. The highest BCUT2D eigenvalue weighted by Crippen LogP contribution is 2.36. The summed E-state index contributed by atoms with van der Waals surface area (Å²) in [6, 6.07) is 8.71. The lowest BCUT2D eigenvalue weighted by Gasteiger charge is -2.24. The summed E-state index contributed by atoms with van der Waals surface area (Å²) >= 11 is 12.1. The predicted molar refractivity (Wildman–Crippen MR) is 80.1 cm³/mol. The van der Waals surface area contributed by atoms with Crippen LogP contribution >= 0.6 is 23.2 Å². The molecule has 0 aliphatic carbocycles. The molecule has 5 heteroatoms. The van der Waals surface area contributed by atoms with Crippen LogP contribution < -0.4 is 0 Å². The standard InChI is InChI=1S/C15H15Cl2NO2/c1-9-11(4-3-7-18-9)14(19)15(20-2)12-6-5-10(16)8-13(12)17/h3-8,14-15,19H,1-2H3. The van der Waals surface area contributed by atoms with E-state index in [1.165, 1.54) is 7.11 Å². The van der Waals surface area contributed by atoms with E-state index in [2.05, 4.69) is 4.98 Å². The maximum Gasteiger partial charge on any atom is 0.114 e. The first-order valence-corrected chi connectivity index (χ1v) is 6.87. The molecule has 0 aliphatic rings. The monoisotopic (exact) mass is 311 g/mol. The number of aromatic nitrogens is 1. The van der Waals surface area contributed by atoms with Crippen LogP contribution in [0.25, 0.3) is 0 Å². The number of ether oxygens (including phenoxy) is 1. The number of benzene rings is 1. The van der Waals surface area contributed by atoms with Gasteiger partial charge in [-0.2, -0.15) is 0 Å². The molecule has 0 bridgehead atoms. The van der Waals surface area contributed by atoms with E-state index < -0.39 is 12.2 Å². The van der Waals surface area contributed by atoms with E-state index in [0.717, 1.165) is 5.69 Å². The van der Waals surface area contributed by atoms with Crippen molar-refractivity contribution in [2.24, 2.45) is 0 Å². The number of rotatable bonds is 4. The van der Waals surface area contributed by atoms with Gasteiger partial charge in [0.25, 0.3) is 0 Å². The van der Waals surface area contributed by atoms with Crippen molar-refractivity contribution in [3.05, 3.63) is 63.4 Å². The maximum absolute atomic E-state index is 10.6. The zero-order chi connectivity index (χ0) is 14.7. The van der Waals surface area contributed by atoms with Crippen LogP contribution in [0.5, 0.6) is 0 Å². The van der Waals surface area contributed by atoms with Crippen molar-refractivity contribution in [3.63, 3.8) is 0 Å². The average molecular weight is 312 g/mol.